The third-order valence-corrected chi connectivity index (χ3v) is 2.89. The van der Waals surface area contributed by atoms with Gasteiger partial charge in [0, 0.05) is 6.54 Å². The Morgan fingerprint density at radius 2 is 2.31 bits per heavy atom. The van der Waals surface area contributed by atoms with Gasteiger partial charge in [-0.15, -0.1) is 10.2 Å². The Kier molecular flexibility index (Phi) is 2.46. The lowest BCUT2D eigenvalue weighted by molar-refractivity contribution is 0.312. The average Bonchev–Trinajstić information content (AvgIpc) is 2.76. The number of aromatic nitrogens is 2. The van der Waals surface area contributed by atoms with Crippen molar-refractivity contribution in [3.63, 3.8) is 0 Å². The highest BCUT2D eigenvalue weighted by Gasteiger charge is 2.23. The number of hydrogen-bond acceptors (Lipinski definition) is 5. The molecule has 4 nitrogen and oxygen atoms in total. The van der Waals surface area contributed by atoms with E-state index in [4.69, 9.17) is 5.73 Å². The molecular formula is C8H14N4S. The molecule has 0 saturated heterocycles. The van der Waals surface area contributed by atoms with E-state index in [1.54, 1.807) is 0 Å². The van der Waals surface area contributed by atoms with E-state index in [1.807, 2.05) is 0 Å². The fourth-order valence-corrected chi connectivity index (χ4v) is 2.06. The molecule has 0 aromatic carbocycles. The lowest BCUT2D eigenvalue weighted by Crippen LogP contribution is -2.20. The SMILES string of the molecule is CN(Cc1nnc(N)s1)CC1CC1. The Bertz CT molecular complexity index is 281. The summed E-state index contributed by atoms with van der Waals surface area (Å²) < 4.78 is 0. The second-order valence-corrected chi connectivity index (χ2v) is 4.77. The first-order chi connectivity index (χ1) is 6.24. The Morgan fingerprint density at radius 1 is 1.54 bits per heavy atom. The molecule has 1 heterocycles. The summed E-state index contributed by atoms with van der Waals surface area (Å²) in [7, 11) is 2.12. The highest BCUT2D eigenvalue weighted by atomic mass is 32.1. The molecule has 1 aromatic heterocycles. The van der Waals surface area contributed by atoms with Crippen LogP contribution in [0.15, 0.2) is 0 Å². The van der Waals surface area contributed by atoms with E-state index in [2.05, 4.69) is 22.1 Å². The van der Waals surface area contributed by atoms with Gasteiger partial charge < -0.3 is 5.73 Å². The van der Waals surface area contributed by atoms with Crippen LogP contribution in [0.25, 0.3) is 0 Å². The van der Waals surface area contributed by atoms with Crippen LogP contribution in [0.1, 0.15) is 17.8 Å². The number of nitrogens with zero attached hydrogens (tertiary/aromatic N) is 3. The predicted molar refractivity (Wildman–Crippen MR) is 53.4 cm³/mol. The monoisotopic (exact) mass is 198 g/mol. The van der Waals surface area contributed by atoms with E-state index < -0.39 is 0 Å². The number of anilines is 1. The van der Waals surface area contributed by atoms with Gasteiger partial charge in [-0.1, -0.05) is 11.3 Å². The molecule has 1 saturated carbocycles. The number of nitrogen functional groups attached to an aromatic ring is 1. The molecule has 0 bridgehead atoms. The topological polar surface area (TPSA) is 55.0 Å². The molecule has 72 valence electrons. The van der Waals surface area contributed by atoms with Gasteiger partial charge in [-0.3, -0.25) is 4.90 Å². The third-order valence-electron chi connectivity index (χ3n) is 2.15. The molecule has 5 heteroatoms. The minimum atomic E-state index is 0.565. The Hall–Kier alpha value is -0.680. The van der Waals surface area contributed by atoms with E-state index in [0.29, 0.717) is 5.13 Å². The highest BCUT2D eigenvalue weighted by molar-refractivity contribution is 7.15. The molecule has 1 aromatic rings. The molecule has 0 amide bonds. The van der Waals surface area contributed by atoms with Crippen molar-refractivity contribution in [1.82, 2.24) is 15.1 Å². The molecule has 0 radical (unpaired) electrons. The molecule has 2 N–H and O–H groups in total. The van der Waals surface area contributed by atoms with Crippen molar-refractivity contribution >= 4 is 16.5 Å². The van der Waals surface area contributed by atoms with Gasteiger partial charge in [-0.25, -0.2) is 0 Å². The van der Waals surface area contributed by atoms with Crippen LogP contribution in [0, 0.1) is 5.92 Å². The normalized spacial score (nSPS) is 16.8. The zero-order valence-electron chi connectivity index (χ0n) is 7.73. The molecular weight excluding hydrogens is 184 g/mol. The van der Waals surface area contributed by atoms with Crippen LogP contribution in [-0.2, 0) is 6.54 Å². The van der Waals surface area contributed by atoms with Crippen LogP contribution in [0.3, 0.4) is 0 Å². The summed E-state index contributed by atoms with van der Waals surface area (Å²) in [4.78, 5) is 2.29. The maximum Gasteiger partial charge on any atom is 0.203 e. The lowest BCUT2D eigenvalue weighted by atomic mass is 10.4. The molecule has 0 unspecified atom stereocenters. The summed E-state index contributed by atoms with van der Waals surface area (Å²) in [5.74, 6) is 0.926. The van der Waals surface area contributed by atoms with Gasteiger partial charge in [0.15, 0.2) is 0 Å². The van der Waals surface area contributed by atoms with Crippen LogP contribution in [0.5, 0.6) is 0 Å². The quantitative estimate of drug-likeness (QED) is 0.783. The van der Waals surface area contributed by atoms with E-state index in [0.717, 1.165) is 17.5 Å². The maximum absolute atomic E-state index is 5.49. The summed E-state index contributed by atoms with van der Waals surface area (Å²) >= 11 is 1.48. The molecule has 13 heavy (non-hydrogen) atoms. The summed E-state index contributed by atoms with van der Waals surface area (Å²) in [5.41, 5.74) is 5.49. The Morgan fingerprint density at radius 3 is 2.85 bits per heavy atom. The molecule has 0 aliphatic heterocycles. The predicted octanol–water partition coefficient (Wildman–Crippen LogP) is 0.962. The van der Waals surface area contributed by atoms with Crippen LogP contribution in [0.2, 0.25) is 0 Å². The van der Waals surface area contributed by atoms with Crippen LogP contribution in [-0.4, -0.2) is 28.7 Å². The van der Waals surface area contributed by atoms with Crippen molar-refractivity contribution in [2.75, 3.05) is 19.3 Å². The van der Waals surface area contributed by atoms with Crippen molar-refractivity contribution in [3.05, 3.63) is 5.01 Å². The zero-order chi connectivity index (χ0) is 9.26. The van der Waals surface area contributed by atoms with E-state index in [9.17, 15) is 0 Å². The van der Waals surface area contributed by atoms with Gasteiger partial charge in [-0.05, 0) is 25.8 Å². The Labute approximate surface area is 81.8 Å². The smallest absolute Gasteiger partial charge is 0.203 e. The second kappa shape index (κ2) is 3.59. The molecule has 1 aliphatic rings. The summed E-state index contributed by atoms with van der Waals surface area (Å²) in [6.45, 7) is 2.06. The number of hydrogen-bond donors (Lipinski definition) is 1. The van der Waals surface area contributed by atoms with Gasteiger partial charge in [0.1, 0.15) is 5.01 Å². The number of rotatable bonds is 4. The molecule has 1 fully saturated rings. The largest absolute Gasteiger partial charge is 0.374 e. The van der Waals surface area contributed by atoms with Gasteiger partial charge in [0.25, 0.3) is 0 Å². The zero-order valence-corrected chi connectivity index (χ0v) is 8.55. The average molecular weight is 198 g/mol. The first kappa shape index (κ1) is 8.90. The van der Waals surface area contributed by atoms with Gasteiger partial charge in [-0.2, -0.15) is 0 Å². The molecule has 0 atom stereocenters. The third kappa shape index (κ3) is 2.63. The van der Waals surface area contributed by atoms with Crippen molar-refractivity contribution < 1.29 is 0 Å². The maximum atomic E-state index is 5.49. The van der Waals surface area contributed by atoms with Gasteiger partial charge in [0.05, 0.1) is 6.54 Å². The summed E-state index contributed by atoms with van der Waals surface area (Å²) in [6, 6.07) is 0. The summed E-state index contributed by atoms with van der Waals surface area (Å²) in [6.07, 6.45) is 2.78. The minimum absolute atomic E-state index is 0.565. The fraction of sp³-hybridized carbons (Fsp3) is 0.750. The highest BCUT2D eigenvalue weighted by Crippen LogP contribution is 2.29. The second-order valence-electron chi connectivity index (χ2n) is 3.67. The van der Waals surface area contributed by atoms with Gasteiger partial charge >= 0.3 is 0 Å². The minimum Gasteiger partial charge on any atom is -0.374 e. The van der Waals surface area contributed by atoms with Crippen molar-refractivity contribution in [3.8, 4) is 0 Å². The van der Waals surface area contributed by atoms with Crippen molar-refractivity contribution in [2.24, 2.45) is 5.92 Å². The number of nitrogens with two attached hydrogens (primary N) is 1. The molecule has 1 aliphatic carbocycles. The van der Waals surface area contributed by atoms with E-state index >= 15 is 0 Å². The lowest BCUT2D eigenvalue weighted by Gasteiger charge is -2.13. The standard InChI is InChI=1S/C8H14N4S/c1-12(4-6-2-3-6)5-7-10-11-8(9)13-7/h6H,2-5H2,1H3,(H2,9,11). The van der Waals surface area contributed by atoms with Crippen molar-refractivity contribution in [1.29, 1.82) is 0 Å². The summed E-state index contributed by atoms with van der Waals surface area (Å²) in [5, 5.41) is 9.35. The molecule has 2 rings (SSSR count). The van der Waals surface area contributed by atoms with E-state index in [-0.39, 0.29) is 0 Å². The van der Waals surface area contributed by atoms with E-state index in [1.165, 1.54) is 30.7 Å². The van der Waals surface area contributed by atoms with Crippen LogP contribution in [0.4, 0.5) is 5.13 Å². The fourth-order valence-electron chi connectivity index (χ4n) is 1.37. The Balaban J connectivity index is 1.82. The van der Waals surface area contributed by atoms with Crippen molar-refractivity contribution in [2.45, 2.75) is 19.4 Å². The van der Waals surface area contributed by atoms with Crippen LogP contribution >= 0.6 is 11.3 Å². The van der Waals surface area contributed by atoms with Gasteiger partial charge in [0.2, 0.25) is 5.13 Å². The first-order valence-electron chi connectivity index (χ1n) is 4.50. The molecule has 0 spiro atoms. The van der Waals surface area contributed by atoms with Crippen LogP contribution < -0.4 is 5.73 Å². The first-order valence-corrected chi connectivity index (χ1v) is 5.32.